The van der Waals surface area contributed by atoms with Gasteiger partial charge in [-0.2, -0.15) is 0 Å². The second kappa shape index (κ2) is 4.10. The summed E-state index contributed by atoms with van der Waals surface area (Å²) >= 11 is 0. The summed E-state index contributed by atoms with van der Waals surface area (Å²) in [6.07, 6.45) is 4.00. The van der Waals surface area contributed by atoms with Crippen LogP contribution in [0.15, 0.2) is 35.5 Å². The van der Waals surface area contributed by atoms with E-state index in [1.807, 2.05) is 6.08 Å². The quantitative estimate of drug-likeness (QED) is 0.510. The molecule has 0 N–H and O–H groups in total. The molecule has 0 nitrogen and oxygen atoms in total. The van der Waals surface area contributed by atoms with E-state index in [0.717, 1.165) is 0 Å². The van der Waals surface area contributed by atoms with Gasteiger partial charge in [-0.15, -0.1) is 0 Å². The molecule has 0 bridgehead atoms. The van der Waals surface area contributed by atoms with Gasteiger partial charge in [0.15, 0.2) is 0 Å². The zero-order valence-electron chi connectivity index (χ0n) is 7.36. The van der Waals surface area contributed by atoms with E-state index in [0.29, 0.717) is 0 Å². The van der Waals surface area contributed by atoms with E-state index in [1.165, 1.54) is 16.7 Å². The van der Waals surface area contributed by atoms with Crippen LogP contribution in [0.2, 0.25) is 0 Å². The summed E-state index contributed by atoms with van der Waals surface area (Å²) in [4.78, 5) is 0. The fourth-order valence-corrected chi connectivity index (χ4v) is 0.681. The van der Waals surface area contributed by atoms with Gasteiger partial charge in [0.2, 0.25) is 0 Å². The van der Waals surface area contributed by atoms with Crippen LogP contribution in [0.5, 0.6) is 0 Å². The Hall–Kier alpha value is -0.780. The van der Waals surface area contributed by atoms with E-state index in [4.69, 9.17) is 0 Å². The lowest BCUT2D eigenvalue weighted by Gasteiger charge is -2.02. The van der Waals surface area contributed by atoms with Gasteiger partial charge in [-0.1, -0.05) is 24.3 Å². The fraction of sp³-hybridized carbons (Fsp3) is 0.400. The van der Waals surface area contributed by atoms with Gasteiger partial charge in [0.1, 0.15) is 0 Å². The Morgan fingerprint density at radius 3 is 2.00 bits per heavy atom. The highest BCUT2D eigenvalue weighted by Gasteiger charge is 1.92. The number of rotatable bonds is 2. The average molecular weight is 136 g/mol. The molecule has 56 valence electrons. The molecule has 0 amide bonds. The minimum absolute atomic E-state index is 1.26. The van der Waals surface area contributed by atoms with Crippen LogP contribution in [0, 0.1) is 0 Å². The molecule has 0 aromatic rings. The fourth-order valence-electron chi connectivity index (χ4n) is 0.681. The maximum atomic E-state index is 3.71. The summed E-state index contributed by atoms with van der Waals surface area (Å²) in [7, 11) is 0. The maximum absolute atomic E-state index is 3.71. The molecular formula is C10H16. The average Bonchev–Trinajstić information content (AvgIpc) is 2.00. The minimum atomic E-state index is 1.26. The Morgan fingerprint density at radius 2 is 1.70 bits per heavy atom. The van der Waals surface area contributed by atoms with Crippen molar-refractivity contribution in [3.63, 3.8) is 0 Å². The third-order valence-corrected chi connectivity index (χ3v) is 1.92. The largest absolute Gasteiger partial charge is 0.0988 e. The summed E-state index contributed by atoms with van der Waals surface area (Å²) in [6.45, 7) is 12.1. The number of hydrogen-bond donors (Lipinski definition) is 0. The molecule has 0 aliphatic rings. The molecule has 0 saturated carbocycles. The van der Waals surface area contributed by atoms with Crippen LogP contribution in [0.3, 0.4) is 0 Å². The molecule has 0 aromatic carbocycles. The molecule has 0 saturated heterocycles. The zero-order chi connectivity index (χ0) is 8.15. The normalized spacial score (nSPS) is 14.6. The molecule has 0 aliphatic heterocycles. The van der Waals surface area contributed by atoms with Gasteiger partial charge in [-0.05, 0) is 38.8 Å². The van der Waals surface area contributed by atoms with Crippen molar-refractivity contribution in [2.75, 3.05) is 0 Å². The third-order valence-electron chi connectivity index (χ3n) is 1.92. The van der Waals surface area contributed by atoms with E-state index in [2.05, 4.69) is 40.3 Å². The van der Waals surface area contributed by atoms with Crippen molar-refractivity contribution in [2.24, 2.45) is 0 Å². The van der Waals surface area contributed by atoms with E-state index in [-0.39, 0.29) is 0 Å². The highest BCUT2D eigenvalue weighted by molar-refractivity contribution is 5.35. The van der Waals surface area contributed by atoms with Crippen molar-refractivity contribution >= 4 is 0 Å². The van der Waals surface area contributed by atoms with Crippen molar-refractivity contribution in [1.29, 1.82) is 0 Å². The molecule has 0 atom stereocenters. The Balaban J connectivity index is 4.63. The number of hydrogen-bond acceptors (Lipinski definition) is 0. The first-order chi connectivity index (χ1) is 4.63. The number of allylic oxidation sites excluding steroid dienone is 5. The summed E-state index contributed by atoms with van der Waals surface area (Å²) in [5.74, 6) is 0. The lowest BCUT2D eigenvalue weighted by atomic mass is 10.0. The van der Waals surface area contributed by atoms with Gasteiger partial charge >= 0.3 is 0 Å². The SMILES string of the molecule is C=C/C(C)=C(C)/C(C)=C/C. The van der Waals surface area contributed by atoms with Crippen molar-refractivity contribution in [3.8, 4) is 0 Å². The predicted octanol–water partition coefficient (Wildman–Crippen LogP) is 3.48. The van der Waals surface area contributed by atoms with Crippen molar-refractivity contribution < 1.29 is 0 Å². The molecule has 0 heteroatoms. The van der Waals surface area contributed by atoms with Crippen LogP contribution >= 0.6 is 0 Å². The molecule has 0 spiro atoms. The molecule has 0 aliphatic carbocycles. The summed E-state index contributed by atoms with van der Waals surface area (Å²) in [5.41, 5.74) is 3.92. The standard InChI is InChI=1S/C10H16/c1-6-8(3)10(5)9(4)7-2/h6-7H,1H2,2-5H3/b9-7+,10-8+. The van der Waals surface area contributed by atoms with E-state index < -0.39 is 0 Å². The van der Waals surface area contributed by atoms with Crippen molar-refractivity contribution in [1.82, 2.24) is 0 Å². The molecule has 0 aromatic heterocycles. The van der Waals surface area contributed by atoms with Gasteiger partial charge in [-0.25, -0.2) is 0 Å². The Bertz CT molecular complexity index is 180. The summed E-state index contributed by atoms with van der Waals surface area (Å²) < 4.78 is 0. The van der Waals surface area contributed by atoms with Crippen LogP contribution in [-0.2, 0) is 0 Å². The first-order valence-corrected chi connectivity index (χ1v) is 3.56. The summed E-state index contributed by atoms with van der Waals surface area (Å²) in [5, 5.41) is 0. The Morgan fingerprint density at radius 1 is 1.20 bits per heavy atom. The smallest absolute Gasteiger partial charge is 0.0393 e. The lowest BCUT2D eigenvalue weighted by molar-refractivity contribution is 1.27. The van der Waals surface area contributed by atoms with Gasteiger partial charge in [-0.3, -0.25) is 0 Å². The molecule has 0 unspecified atom stereocenters. The van der Waals surface area contributed by atoms with Gasteiger partial charge < -0.3 is 0 Å². The van der Waals surface area contributed by atoms with Crippen LogP contribution in [-0.4, -0.2) is 0 Å². The van der Waals surface area contributed by atoms with Gasteiger partial charge in [0, 0.05) is 0 Å². The van der Waals surface area contributed by atoms with Crippen molar-refractivity contribution in [2.45, 2.75) is 27.7 Å². The molecule has 0 radical (unpaired) electrons. The third kappa shape index (κ3) is 2.22. The summed E-state index contributed by atoms with van der Waals surface area (Å²) in [6, 6.07) is 0. The van der Waals surface area contributed by atoms with E-state index >= 15 is 0 Å². The van der Waals surface area contributed by atoms with Crippen molar-refractivity contribution in [3.05, 3.63) is 35.5 Å². The second-order valence-electron chi connectivity index (χ2n) is 2.48. The van der Waals surface area contributed by atoms with Crippen LogP contribution in [0.4, 0.5) is 0 Å². The van der Waals surface area contributed by atoms with Crippen LogP contribution in [0.25, 0.3) is 0 Å². The highest BCUT2D eigenvalue weighted by Crippen LogP contribution is 2.13. The van der Waals surface area contributed by atoms with Crippen LogP contribution in [0.1, 0.15) is 27.7 Å². The zero-order valence-corrected chi connectivity index (χ0v) is 7.36. The molecule has 10 heavy (non-hydrogen) atoms. The van der Waals surface area contributed by atoms with Crippen LogP contribution < -0.4 is 0 Å². The molecule has 0 heterocycles. The van der Waals surface area contributed by atoms with E-state index in [1.54, 1.807) is 0 Å². The predicted molar refractivity (Wildman–Crippen MR) is 48.0 cm³/mol. The Kier molecular flexibility index (Phi) is 3.78. The second-order valence-corrected chi connectivity index (χ2v) is 2.48. The maximum Gasteiger partial charge on any atom is -0.0393 e. The lowest BCUT2D eigenvalue weighted by Crippen LogP contribution is -1.82. The first-order valence-electron chi connectivity index (χ1n) is 3.56. The molecule has 0 rings (SSSR count). The Labute approximate surface area is 64.0 Å². The molecular weight excluding hydrogens is 120 g/mol. The first kappa shape index (κ1) is 9.22. The van der Waals surface area contributed by atoms with Gasteiger partial charge in [0.25, 0.3) is 0 Å². The molecule has 0 fully saturated rings. The topological polar surface area (TPSA) is 0 Å². The minimum Gasteiger partial charge on any atom is -0.0988 e. The monoisotopic (exact) mass is 136 g/mol. The van der Waals surface area contributed by atoms with Gasteiger partial charge in [0.05, 0.1) is 0 Å². The van der Waals surface area contributed by atoms with E-state index in [9.17, 15) is 0 Å². The highest BCUT2D eigenvalue weighted by atomic mass is 14.0.